The first kappa shape index (κ1) is 16.5. The molecule has 2 N–H and O–H groups in total. The minimum Gasteiger partial charge on any atom is -0.389 e. The molecule has 19 heavy (non-hydrogen) atoms. The third-order valence-corrected chi connectivity index (χ3v) is 3.66. The number of hydrogen-bond donors (Lipinski definition) is 2. The first-order chi connectivity index (χ1) is 8.87. The van der Waals surface area contributed by atoms with Crippen LogP contribution in [0.5, 0.6) is 0 Å². The lowest BCUT2D eigenvalue weighted by Crippen LogP contribution is -2.38. The van der Waals surface area contributed by atoms with Crippen LogP contribution in [0.25, 0.3) is 0 Å². The molecule has 108 valence electrons. The summed E-state index contributed by atoms with van der Waals surface area (Å²) in [6.45, 7) is 11.2. The van der Waals surface area contributed by atoms with Crippen molar-refractivity contribution in [3.05, 3.63) is 28.2 Å². The van der Waals surface area contributed by atoms with Crippen LogP contribution in [0.15, 0.2) is 22.7 Å². The number of likely N-dealkylation sites (N-methyl/N-ethyl adjacent to an activating group) is 1. The van der Waals surface area contributed by atoms with Crippen molar-refractivity contribution in [2.75, 3.05) is 24.5 Å². The number of hydrogen-bond acceptors (Lipinski definition) is 3. The van der Waals surface area contributed by atoms with Crippen LogP contribution in [-0.2, 0) is 6.54 Å². The van der Waals surface area contributed by atoms with Gasteiger partial charge in [0.05, 0.1) is 5.60 Å². The Morgan fingerprint density at radius 1 is 1.32 bits per heavy atom. The fraction of sp³-hybridized carbons (Fsp3) is 0.600. The molecule has 4 heteroatoms. The lowest BCUT2D eigenvalue weighted by molar-refractivity contribution is 0.0876. The second-order valence-corrected chi connectivity index (χ2v) is 6.24. The maximum atomic E-state index is 9.96. The highest BCUT2D eigenvalue weighted by molar-refractivity contribution is 9.10. The molecule has 0 fully saturated rings. The third kappa shape index (κ3) is 5.51. The quantitative estimate of drug-likeness (QED) is 0.807. The van der Waals surface area contributed by atoms with E-state index in [4.69, 9.17) is 0 Å². The molecule has 3 nitrogen and oxygen atoms in total. The van der Waals surface area contributed by atoms with Crippen LogP contribution in [0.1, 0.15) is 33.3 Å². The Hall–Kier alpha value is -0.580. The molecule has 0 spiro atoms. The average Bonchev–Trinajstić information content (AvgIpc) is 2.33. The Kier molecular flexibility index (Phi) is 6.30. The van der Waals surface area contributed by atoms with Gasteiger partial charge >= 0.3 is 0 Å². The Labute approximate surface area is 125 Å². The Morgan fingerprint density at radius 2 is 2.00 bits per heavy atom. The Bertz CT molecular complexity index is 402. The van der Waals surface area contributed by atoms with Gasteiger partial charge < -0.3 is 15.3 Å². The van der Waals surface area contributed by atoms with Gasteiger partial charge in [0.1, 0.15) is 0 Å². The molecular formula is C15H25BrN2O. The van der Waals surface area contributed by atoms with Gasteiger partial charge in [-0.1, -0.05) is 28.9 Å². The predicted molar refractivity (Wildman–Crippen MR) is 85.7 cm³/mol. The summed E-state index contributed by atoms with van der Waals surface area (Å²) in [6.07, 6.45) is 0. The highest BCUT2D eigenvalue weighted by Crippen LogP contribution is 2.25. The SMILES string of the molecule is CCNCc1ccc(N(CC)CC(C)(C)O)cc1Br. The van der Waals surface area contributed by atoms with Gasteiger partial charge in [0.15, 0.2) is 0 Å². The van der Waals surface area contributed by atoms with Gasteiger partial charge in [-0.3, -0.25) is 0 Å². The van der Waals surface area contributed by atoms with E-state index in [1.807, 2.05) is 13.8 Å². The molecule has 0 atom stereocenters. The highest BCUT2D eigenvalue weighted by atomic mass is 79.9. The smallest absolute Gasteiger partial charge is 0.0765 e. The van der Waals surface area contributed by atoms with Crippen molar-refractivity contribution in [1.82, 2.24) is 5.32 Å². The normalized spacial score (nSPS) is 11.7. The first-order valence-electron chi connectivity index (χ1n) is 6.84. The van der Waals surface area contributed by atoms with Crippen LogP contribution in [0, 0.1) is 0 Å². The molecule has 0 unspecified atom stereocenters. The van der Waals surface area contributed by atoms with Crippen molar-refractivity contribution in [2.24, 2.45) is 0 Å². The van der Waals surface area contributed by atoms with Crippen molar-refractivity contribution in [1.29, 1.82) is 0 Å². The maximum Gasteiger partial charge on any atom is 0.0765 e. The first-order valence-corrected chi connectivity index (χ1v) is 7.63. The fourth-order valence-electron chi connectivity index (χ4n) is 1.99. The van der Waals surface area contributed by atoms with E-state index >= 15 is 0 Å². The van der Waals surface area contributed by atoms with E-state index in [9.17, 15) is 5.11 Å². The zero-order valence-electron chi connectivity index (χ0n) is 12.3. The van der Waals surface area contributed by atoms with E-state index in [-0.39, 0.29) is 0 Å². The maximum absolute atomic E-state index is 9.96. The molecule has 0 aliphatic carbocycles. The monoisotopic (exact) mass is 328 g/mol. The largest absolute Gasteiger partial charge is 0.389 e. The van der Waals surface area contributed by atoms with Gasteiger partial charge in [-0.05, 0) is 45.0 Å². The zero-order valence-corrected chi connectivity index (χ0v) is 13.9. The zero-order chi connectivity index (χ0) is 14.5. The third-order valence-electron chi connectivity index (χ3n) is 2.93. The van der Waals surface area contributed by atoms with Crippen molar-refractivity contribution < 1.29 is 5.11 Å². The van der Waals surface area contributed by atoms with E-state index in [2.05, 4.69) is 58.2 Å². The molecule has 0 radical (unpaired) electrons. The molecule has 0 amide bonds. The van der Waals surface area contributed by atoms with Gasteiger partial charge in [-0.15, -0.1) is 0 Å². The fourth-order valence-corrected chi connectivity index (χ4v) is 2.50. The second kappa shape index (κ2) is 7.27. The minimum absolute atomic E-state index is 0.627. The predicted octanol–water partition coefficient (Wildman–Crippen LogP) is 3.16. The highest BCUT2D eigenvalue weighted by Gasteiger charge is 2.18. The summed E-state index contributed by atoms with van der Waals surface area (Å²) in [6, 6.07) is 6.38. The molecule has 0 heterocycles. The number of nitrogens with zero attached hydrogens (tertiary/aromatic N) is 1. The topological polar surface area (TPSA) is 35.5 Å². The lowest BCUT2D eigenvalue weighted by atomic mass is 10.1. The molecule has 0 saturated carbocycles. The van der Waals surface area contributed by atoms with Gasteiger partial charge in [0.2, 0.25) is 0 Å². The van der Waals surface area contributed by atoms with Crippen molar-refractivity contribution in [2.45, 2.75) is 39.8 Å². The van der Waals surface area contributed by atoms with Gasteiger partial charge in [-0.25, -0.2) is 0 Å². The Morgan fingerprint density at radius 3 is 2.47 bits per heavy atom. The van der Waals surface area contributed by atoms with Crippen molar-refractivity contribution in [3.63, 3.8) is 0 Å². The van der Waals surface area contributed by atoms with Crippen LogP contribution in [0.3, 0.4) is 0 Å². The van der Waals surface area contributed by atoms with Crippen LogP contribution in [-0.4, -0.2) is 30.3 Å². The molecule has 0 aliphatic heterocycles. The number of halogens is 1. The van der Waals surface area contributed by atoms with Gasteiger partial charge in [0.25, 0.3) is 0 Å². The molecule has 0 aliphatic rings. The standard InChI is InChI=1S/C15H25BrN2O/c1-5-17-10-12-7-8-13(9-14(12)16)18(6-2)11-15(3,4)19/h7-9,17,19H,5-6,10-11H2,1-4H3. The number of rotatable bonds is 7. The summed E-state index contributed by atoms with van der Waals surface area (Å²) in [5.74, 6) is 0. The molecule has 1 aromatic carbocycles. The molecule has 0 saturated heterocycles. The van der Waals surface area contributed by atoms with E-state index in [1.165, 1.54) is 5.56 Å². The molecule has 0 aromatic heterocycles. The molecule has 0 bridgehead atoms. The number of benzene rings is 1. The molecule has 1 rings (SSSR count). The number of nitrogens with one attached hydrogen (secondary N) is 1. The van der Waals surface area contributed by atoms with Crippen LogP contribution < -0.4 is 10.2 Å². The second-order valence-electron chi connectivity index (χ2n) is 5.38. The lowest BCUT2D eigenvalue weighted by Gasteiger charge is -2.30. The molecule has 1 aromatic rings. The van der Waals surface area contributed by atoms with Crippen LogP contribution in [0.2, 0.25) is 0 Å². The Balaban J connectivity index is 2.85. The van der Waals surface area contributed by atoms with Crippen molar-refractivity contribution >= 4 is 21.6 Å². The minimum atomic E-state index is -0.690. The van der Waals surface area contributed by atoms with E-state index in [1.54, 1.807) is 0 Å². The summed E-state index contributed by atoms with van der Waals surface area (Å²) in [5.41, 5.74) is 1.70. The van der Waals surface area contributed by atoms with E-state index < -0.39 is 5.60 Å². The van der Waals surface area contributed by atoms with Crippen molar-refractivity contribution in [3.8, 4) is 0 Å². The number of aliphatic hydroxyl groups is 1. The summed E-state index contributed by atoms with van der Waals surface area (Å²) in [5, 5.41) is 13.3. The van der Waals surface area contributed by atoms with E-state index in [0.717, 1.165) is 29.8 Å². The summed E-state index contributed by atoms with van der Waals surface area (Å²) in [7, 11) is 0. The summed E-state index contributed by atoms with van der Waals surface area (Å²) < 4.78 is 1.11. The average molecular weight is 329 g/mol. The van der Waals surface area contributed by atoms with Gasteiger partial charge in [0, 0.05) is 29.8 Å². The molecular weight excluding hydrogens is 304 g/mol. The number of anilines is 1. The van der Waals surface area contributed by atoms with Crippen LogP contribution in [0.4, 0.5) is 5.69 Å². The summed E-state index contributed by atoms with van der Waals surface area (Å²) >= 11 is 3.63. The van der Waals surface area contributed by atoms with Crippen LogP contribution >= 0.6 is 15.9 Å². The van der Waals surface area contributed by atoms with Gasteiger partial charge in [-0.2, -0.15) is 0 Å². The van der Waals surface area contributed by atoms with E-state index in [0.29, 0.717) is 6.54 Å². The summed E-state index contributed by atoms with van der Waals surface area (Å²) in [4.78, 5) is 2.18.